The maximum atomic E-state index is 8.55. The molecule has 0 unspecified atom stereocenters. The van der Waals surface area contributed by atoms with Gasteiger partial charge in [0.25, 0.3) is 0 Å². The maximum absolute atomic E-state index is 8.55. The summed E-state index contributed by atoms with van der Waals surface area (Å²) in [7, 11) is 0. The lowest BCUT2D eigenvalue weighted by Gasteiger charge is -1.79. The van der Waals surface area contributed by atoms with Gasteiger partial charge in [0.05, 0.1) is 9.49 Å². The van der Waals surface area contributed by atoms with Crippen molar-refractivity contribution in [2.45, 2.75) is 6.61 Å². The van der Waals surface area contributed by atoms with Crippen LogP contribution in [0, 0.1) is 2.88 Å². The van der Waals surface area contributed by atoms with Crippen LogP contribution in [-0.4, -0.2) is 5.11 Å². The first kappa shape index (κ1) is 6.51. The Labute approximate surface area is 65.5 Å². The van der Waals surface area contributed by atoms with Gasteiger partial charge in [-0.2, -0.15) is 0 Å². The first-order chi connectivity index (χ1) is 3.83. The van der Waals surface area contributed by atoms with Gasteiger partial charge >= 0.3 is 0 Å². The summed E-state index contributed by atoms with van der Waals surface area (Å²) in [4.78, 5) is 0. The Morgan fingerprint density at radius 3 is 2.75 bits per heavy atom. The first-order valence-electron chi connectivity index (χ1n) is 2.16. The van der Waals surface area contributed by atoms with Gasteiger partial charge in [-0.25, -0.2) is 0 Å². The summed E-state index contributed by atoms with van der Waals surface area (Å²) >= 11 is 3.89. The molecule has 0 aliphatic rings. The van der Waals surface area contributed by atoms with E-state index in [1.54, 1.807) is 11.3 Å². The van der Waals surface area contributed by atoms with Crippen LogP contribution in [0.5, 0.6) is 0 Å². The highest BCUT2D eigenvalue weighted by Crippen LogP contribution is 2.15. The Hall–Kier alpha value is 0.390. The van der Waals surface area contributed by atoms with Crippen LogP contribution in [0.4, 0.5) is 0 Å². The molecule has 1 rings (SSSR count). The SMILES string of the molecule is OCc1csc(I)c1. The summed E-state index contributed by atoms with van der Waals surface area (Å²) in [6, 6.07) is 1.98. The molecule has 1 heterocycles. The number of thiophene rings is 1. The Morgan fingerprint density at radius 2 is 2.50 bits per heavy atom. The summed E-state index contributed by atoms with van der Waals surface area (Å²) in [5, 5.41) is 10.5. The molecule has 0 saturated heterocycles. The Bertz CT molecular complexity index is 173. The fourth-order valence-electron chi connectivity index (χ4n) is 0.429. The minimum absolute atomic E-state index is 0.166. The molecule has 0 aliphatic heterocycles. The fourth-order valence-corrected chi connectivity index (χ4v) is 1.84. The number of hydrogen-bond acceptors (Lipinski definition) is 2. The van der Waals surface area contributed by atoms with E-state index in [2.05, 4.69) is 22.6 Å². The van der Waals surface area contributed by atoms with Gasteiger partial charge in [-0.1, -0.05) is 0 Å². The van der Waals surface area contributed by atoms with Crippen molar-refractivity contribution in [1.29, 1.82) is 0 Å². The van der Waals surface area contributed by atoms with Crippen LogP contribution in [-0.2, 0) is 6.61 Å². The molecule has 1 N–H and O–H groups in total. The second-order valence-corrected chi connectivity index (χ2v) is 4.22. The van der Waals surface area contributed by atoms with Gasteiger partial charge in [0.15, 0.2) is 0 Å². The number of aliphatic hydroxyl groups is 1. The van der Waals surface area contributed by atoms with Crippen LogP contribution in [0.15, 0.2) is 11.4 Å². The minimum Gasteiger partial charge on any atom is -0.392 e. The molecule has 44 valence electrons. The Morgan fingerprint density at radius 1 is 1.75 bits per heavy atom. The molecule has 1 nitrogen and oxygen atoms in total. The van der Waals surface area contributed by atoms with Gasteiger partial charge in [-0.3, -0.25) is 0 Å². The van der Waals surface area contributed by atoms with Gasteiger partial charge in [0.2, 0.25) is 0 Å². The second kappa shape index (κ2) is 2.80. The number of aliphatic hydroxyl groups excluding tert-OH is 1. The summed E-state index contributed by atoms with van der Waals surface area (Å²) < 4.78 is 1.23. The lowest BCUT2D eigenvalue weighted by atomic mass is 10.4. The van der Waals surface area contributed by atoms with Gasteiger partial charge in [-0.15, -0.1) is 11.3 Å². The molecule has 1 aromatic heterocycles. The highest BCUT2D eigenvalue weighted by atomic mass is 127. The zero-order chi connectivity index (χ0) is 5.98. The quantitative estimate of drug-likeness (QED) is 0.742. The second-order valence-electron chi connectivity index (χ2n) is 1.42. The van der Waals surface area contributed by atoms with E-state index in [4.69, 9.17) is 5.11 Å². The van der Waals surface area contributed by atoms with Crippen molar-refractivity contribution < 1.29 is 5.11 Å². The van der Waals surface area contributed by atoms with Crippen LogP contribution >= 0.6 is 33.9 Å². The molecule has 0 amide bonds. The maximum Gasteiger partial charge on any atom is 0.0690 e. The fraction of sp³-hybridized carbons (Fsp3) is 0.200. The zero-order valence-corrected chi connectivity index (χ0v) is 7.07. The predicted octanol–water partition coefficient (Wildman–Crippen LogP) is 1.84. The molecule has 0 aromatic carbocycles. The van der Waals surface area contributed by atoms with Crippen LogP contribution < -0.4 is 0 Å². The third-order valence-corrected chi connectivity index (χ3v) is 2.64. The van der Waals surface area contributed by atoms with Crippen molar-refractivity contribution in [3.63, 3.8) is 0 Å². The molecule has 0 spiro atoms. The average molecular weight is 240 g/mol. The van der Waals surface area contributed by atoms with Crippen molar-refractivity contribution in [2.75, 3.05) is 0 Å². The highest BCUT2D eigenvalue weighted by molar-refractivity contribution is 14.1. The molecular formula is C5H5IOS. The standard InChI is InChI=1S/C5H5IOS/c6-5-1-4(2-7)3-8-5/h1,3,7H,2H2. The molecule has 0 radical (unpaired) electrons. The van der Waals surface area contributed by atoms with Gasteiger partial charge < -0.3 is 5.11 Å². The van der Waals surface area contributed by atoms with E-state index < -0.39 is 0 Å². The Balaban J connectivity index is 2.84. The lowest BCUT2D eigenvalue weighted by molar-refractivity contribution is 0.282. The topological polar surface area (TPSA) is 20.2 Å². The zero-order valence-electron chi connectivity index (χ0n) is 4.10. The summed E-state index contributed by atoms with van der Waals surface area (Å²) in [5.74, 6) is 0. The van der Waals surface area contributed by atoms with E-state index in [-0.39, 0.29) is 6.61 Å². The number of rotatable bonds is 1. The molecule has 3 heteroatoms. The predicted molar refractivity (Wildman–Crippen MR) is 43.0 cm³/mol. The van der Waals surface area contributed by atoms with E-state index in [0.29, 0.717) is 0 Å². The van der Waals surface area contributed by atoms with Gasteiger partial charge in [0.1, 0.15) is 0 Å². The minimum atomic E-state index is 0.166. The monoisotopic (exact) mass is 240 g/mol. The molecule has 0 bridgehead atoms. The average Bonchev–Trinajstić information content (AvgIpc) is 2.14. The smallest absolute Gasteiger partial charge is 0.0690 e. The normalized spacial score (nSPS) is 9.75. The van der Waals surface area contributed by atoms with Gasteiger partial charge in [-0.05, 0) is 39.6 Å². The van der Waals surface area contributed by atoms with Crippen LogP contribution in [0.1, 0.15) is 5.56 Å². The van der Waals surface area contributed by atoms with Crippen molar-refractivity contribution in [2.24, 2.45) is 0 Å². The van der Waals surface area contributed by atoms with Crippen LogP contribution in [0.2, 0.25) is 0 Å². The summed E-state index contributed by atoms with van der Waals surface area (Å²) in [6.07, 6.45) is 0. The third-order valence-electron chi connectivity index (χ3n) is 0.804. The van der Waals surface area contributed by atoms with E-state index in [0.717, 1.165) is 5.56 Å². The van der Waals surface area contributed by atoms with E-state index in [1.165, 1.54) is 2.88 Å². The number of halogens is 1. The molecule has 0 atom stereocenters. The largest absolute Gasteiger partial charge is 0.392 e. The van der Waals surface area contributed by atoms with E-state index in [9.17, 15) is 0 Å². The van der Waals surface area contributed by atoms with Crippen molar-refractivity contribution in [1.82, 2.24) is 0 Å². The molecular weight excluding hydrogens is 235 g/mol. The first-order valence-corrected chi connectivity index (χ1v) is 4.12. The van der Waals surface area contributed by atoms with Crippen molar-refractivity contribution in [3.8, 4) is 0 Å². The Kier molecular flexibility index (Phi) is 2.27. The molecule has 8 heavy (non-hydrogen) atoms. The highest BCUT2D eigenvalue weighted by Gasteiger charge is 1.91. The lowest BCUT2D eigenvalue weighted by Crippen LogP contribution is -1.72. The van der Waals surface area contributed by atoms with E-state index in [1.807, 2.05) is 11.4 Å². The molecule has 1 aromatic rings. The molecule has 0 aliphatic carbocycles. The van der Waals surface area contributed by atoms with Gasteiger partial charge in [0, 0.05) is 0 Å². The summed E-state index contributed by atoms with van der Waals surface area (Å²) in [5.41, 5.74) is 1.01. The van der Waals surface area contributed by atoms with E-state index >= 15 is 0 Å². The van der Waals surface area contributed by atoms with Crippen LogP contribution in [0.25, 0.3) is 0 Å². The summed E-state index contributed by atoms with van der Waals surface area (Å²) in [6.45, 7) is 0.166. The number of hydrogen-bond donors (Lipinski definition) is 1. The third kappa shape index (κ3) is 1.43. The van der Waals surface area contributed by atoms with Crippen molar-refractivity contribution in [3.05, 3.63) is 19.9 Å². The van der Waals surface area contributed by atoms with Crippen LogP contribution in [0.3, 0.4) is 0 Å². The van der Waals surface area contributed by atoms with Crippen molar-refractivity contribution >= 4 is 33.9 Å². The molecule has 0 fully saturated rings. The molecule has 0 saturated carbocycles.